The van der Waals surface area contributed by atoms with Gasteiger partial charge in [0.05, 0.1) is 12.1 Å². The summed E-state index contributed by atoms with van der Waals surface area (Å²) >= 11 is 0. The number of anilines is 2. The van der Waals surface area contributed by atoms with Gasteiger partial charge >= 0.3 is 0 Å². The normalized spacial score (nSPS) is 16.1. The van der Waals surface area contributed by atoms with Crippen LogP contribution in [0.5, 0.6) is 5.75 Å². The van der Waals surface area contributed by atoms with Gasteiger partial charge in [-0.15, -0.1) is 0 Å². The van der Waals surface area contributed by atoms with Gasteiger partial charge in [-0.25, -0.2) is 0 Å². The lowest BCUT2D eigenvalue weighted by molar-refractivity contribution is -0.128. The molecule has 0 spiro atoms. The quantitative estimate of drug-likeness (QED) is 0.915. The van der Waals surface area contributed by atoms with Gasteiger partial charge in [0, 0.05) is 5.69 Å². The molecule has 5 nitrogen and oxygen atoms in total. The average molecular weight is 310 g/mol. The second-order valence-electron chi connectivity index (χ2n) is 5.72. The van der Waals surface area contributed by atoms with Crippen LogP contribution in [0, 0.1) is 13.8 Å². The fourth-order valence-electron chi connectivity index (χ4n) is 2.65. The maximum atomic E-state index is 12.2. The zero-order valence-electron chi connectivity index (χ0n) is 13.1. The van der Waals surface area contributed by atoms with Crippen LogP contribution in [0.3, 0.4) is 0 Å². The van der Waals surface area contributed by atoms with E-state index in [0.29, 0.717) is 11.4 Å². The zero-order valence-corrected chi connectivity index (χ0v) is 13.1. The Balaban J connectivity index is 1.67. The Labute approximate surface area is 134 Å². The molecular weight excluding hydrogens is 292 g/mol. The van der Waals surface area contributed by atoms with Crippen LogP contribution >= 0.6 is 0 Å². The Hall–Kier alpha value is -2.82. The van der Waals surface area contributed by atoms with Crippen molar-refractivity contribution in [2.45, 2.75) is 26.4 Å². The molecule has 23 heavy (non-hydrogen) atoms. The van der Waals surface area contributed by atoms with Gasteiger partial charge in [0.1, 0.15) is 5.75 Å². The number of carbonyl (C=O) groups is 2. The molecule has 1 atom stereocenters. The number of hydrogen-bond acceptors (Lipinski definition) is 3. The van der Waals surface area contributed by atoms with Crippen molar-refractivity contribution >= 4 is 23.2 Å². The van der Waals surface area contributed by atoms with E-state index < -0.39 is 6.10 Å². The van der Waals surface area contributed by atoms with Crippen LogP contribution in [-0.4, -0.2) is 17.9 Å². The SMILES string of the molecule is Cc1cc(C)cc(NC(=O)C[C@H]2Oc3ccccc3NC2=O)c1. The third kappa shape index (κ3) is 3.51. The van der Waals surface area contributed by atoms with E-state index in [2.05, 4.69) is 10.6 Å². The van der Waals surface area contributed by atoms with E-state index in [0.717, 1.165) is 16.8 Å². The van der Waals surface area contributed by atoms with E-state index in [9.17, 15) is 9.59 Å². The highest BCUT2D eigenvalue weighted by Gasteiger charge is 2.29. The molecule has 0 saturated carbocycles. The van der Waals surface area contributed by atoms with Crippen molar-refractivity contribution in [2.75, 3.05) is 10.6 Å². The third-order valence-corrected chi connectivity index (χ3v) is 3.58. The highest BCUT2D eigenvalue weighted by molar-refractivity contribution is 6.02. The second kappa shape index (κ2) is 6.12. The lowest BCUT2D eigenvalue weighted by atomic mass is 10.1. The van der Waals surface area contributed by atoms with Gasteiger partial charge in [-0.05, 0) is 49.2 Å². The highest BCUT2D eigenvalue weighted by Crippen LogP contribution is 2.29. The fourth-order valence-corrected chi connectivity index (χ4v) is 2.65. The second-order valence-corrected chi connectivity index (χ2v) is 5.72. The summed E-state index contributed by atoms with van der Waals surface area (Å²) in [4.78, 5) is 24.2. The van der Waals surface area contributed by atoms with Crippen molar-refractivity contribution < 1.29 is 14.3 Å². The Kier molecular flexibility index (Phi) is 4.02. The molecular formula is C18H18N2O3. The van der Waals surface area contributed by atoms with Gasteiger partial charge in [-0.2, -0.15) is 0 Å². The molecule has 0 aliphatic carbocycles. The molecule has 5 heteroatoms. The van der Waals surface area contributed by atoms with Crippen LogP contribution in [-0.2, 0) is 9.59 Å². The topological polar surface area (TPSA) is 67.4 Å². The van der Waals surface area contributed by atoms with Crippen molar-refractivity contribution in [3.8, 4) is 5.75 Å². The molecule has 1 aliphatic rings. The largest absolute Gasteiger partial charge is 0.478 e. The first kappa shape index (κ1) is 15.1. The average Bonchev–Trinajstić information content (AvgIpc) is 2.46. The summed E-state index contributed by atoms with van der Waals surface area (Å²) in [5, 5.41) is 5.57. The minimum atomic E-state index is -0.823. The zero-order chi connectivity index (χ0) is 16.4. The van der Waals surface area contributed by atoms with E-state index in [1.807, 2.05) is 44.2 Å². The number of ether oxygens (including phenoxy) is 1. The van der Waals surface area contributed by atoms with Gasteiger partial charge in [0.25, 0.3) is 5.91 Å². The number of carbonyl (C=O) groups excluding carboxylic acids is 2. The molecule has 118 valence electrons. The number of para-hydroxylation sites is 2. The molecule has 0 radical (unpaired) electrons. The molecule has 0 aromatic heterocycles. The molecule has 0 fully saturated rings. The Bertz CT molecular complexity index is 750. The van der Waals surface area contributed by atoms with Gasteiger partial charge in [0.2, 0.25) is 5.91 Å². The molecule has 0 bridgehead atoms. The van der Waals surface area contributed by atoms with E-state index in [1.54, 1.807) is 12.1 Å². The monoisotopic (exact) mass is 310 g/mol. The van der Waals surface area contributed by atoms with Crippen molar-refractivity contribution in [1.29, 1.82) is 0 Å². The van der Waals surface area contributed by atoms with Gasteiger partial charge in [0.15, 0.2) is 6.10 Å². The number of hydrogen-bond donors (Lipinski definition) is 2. The van der Waals surface area contributed by atoms with Gasteiger partial charge in [-0.3, -0.25) is 9.59 Å². The lowest BCUT2D eigenvalue weighted by Crippen LogP contribution is -2.39. The van der Waals surface area contributed by atoms with Crippen LogP contribution in [0.25, 0.3) is 0 Å². The molecule has 2 aromatic carbocycles. The van der Waals surface area contributed by atoms with Crippen LogP contribution in [0.1, 0.15) is 17.5 Å². The number of rotatable bonds is 3. The summed E-state index contributed by atoms with van der Waals surface area (Å²) in [6, 6.07) is 13.0. The Morgan fingerprint density at radius 1 is 1.17 bits per heavy atom. The third-order valence-electron chi connectivity index (χ3n) is 3.58. The summed E-state index contributed by atoms with van der Waals surface area (Å²) in [5.41, 5.74) is 3.49. The number of aryl methyl sites for hydroxylation is 2. The summed E-state index contributed by atoms with van der Waals surface area (Å²) in [5.74, 6) is 0.0186. The number of amides is 2. The van der Waals surface area contributed by atoms with E-state index in [-0.39, 0.29) is 18.2 Å². The summed E-state index contributed by atoms with van der Waals surface area (Å²) < 4.78 is 5.63. The first-order chi connectivity index (χ1) is 11.0. The van der Waals surface area contributed by atoms with E-state index in [4.69, 9.17) is 4.74 Å². The smallest absolute Gasteiger partial charge is 0.266 e. The van der Waals surface area contributed by atoms with Crippen molar-refractivity contribution in [1.82, 2.24) is 0 Å². The summed E-state index contributed by atoms with van der Waals surface area (Å²) in [6.07, 6.45) is -0.858. The molecule has 2 amide bonds. The molecule has 0 unspecified atom stereocenters. The maximum absolute atomic E-state index is 12.2. The predicted molar refractivity (Wildman–Crippen MR) is 88.7 cm³/mol. The van der Waals surface area contributed by atoms with Crippen molar-refractivity contribution in [2.24, 2.45) is 0 Å². The van der Waals surface area contributed by atoms with Crippen LogP contribution in [0.4, 0.5) is 11.4 Å². The molecule has 3 rings (SSSR count). The predicted octanol–water partition coefficient (Wildman–Crippen LogP) is 3.03. The number of fused-ring (bicyclic) bond motifs is 1. The summed E-state index contributed by atoms with van der Waals surface area (Å²) in [7, 11) is 0. The van der Waals surface area contributed by atoms with Gasteiger partial charge < -0.3 is 15.4 Å². The highest BCUT2D eigenvalue weighted by atomic mass is 16.5. The Morgan fingerprint density at radius 3 is 2.61 bits per heavy atom. The first-order valence-corrected chi connectivity index (χ1v) is 7.46. The summed E-state index contributed by atoms with van der Waals surface area (Å²) in [6.45, 7) is 3.94. The van der Waals surface area contributed by atoms with Crippen LogP contribution in [0.15, 0.2) is 42.5 Å². The molecule has 1 heterocycles. The lowest BCUT2D eigenvalue weighted by Gasteiger charge is -2.25. The van der Waals surface area contributed by atoms with Gasteiger partial charge in [-0.1, -0.05) is 18.2 Å². The maximum Gasteiger partial charge on any atom is 0.266 e. The molecule has 2 aromatic rings. The standard InChI is InChI=1S/C18H18N2O3/c1-11-7-12(2)9-13(8-11)19-17(21)10-16-18(22)20-14-5-3-4-6-15(14)23-16/h3-9,16H,10H2,1-2H3,(H,19,21)(H,20,22)/t16-/m1/s1. The van der Waals surface area contributed by atoms with Crippen molar-refractivity contribution in [3.05, 3.63) is 53.6 Å². The minimum Gasteiger partial charge on any atom is -0.478 e. The van der Waals surface area contributed by atoms with Crippen LogP contribution < -0.4 is 15.4 Å². The fraction of sp³-hybridized carbons (Fsp3) is 0.222. The Morgan fingerprint density at radius 2 is 1.87 bits per heavy atom. The van der Waals surface area contributed by atoms with Crippen molar-refractivity contribution in [3.63, 3.8) is 0 Å². The molecule has 1 aliphatic heterocycles. The molecule has 0 saturated heterocycles. The first-order valence-electron chi connectivity index (χ1n) is 7.46. The number of benzene rings is 2. The minimum absolute atomic E-state index is 0.0346. The number of nitrogens with one attached hydrogen (secondary N) is 2. The van der Waals surface area contributed by atoms with E-state index >= 15 is 0 Å². The van der Waals surface area contributed by atoms with Crippen LogP contribution in [0.2, 0.25) is 0 Å². The van der Waals surface area contributed by atoms with E-state index in [1.165, 1.54) is 0 Å². The molecule has 2 N–H and O–H groups in total.